The first-order valence-corrected chi connectivity index (χ1v) is 4.82. The molecule has 6 heteroatoms. The molecule has 1 N–H and O–H groups in total. The lowest BCUT2D eigenvalue weighted by Crippen LogP contribution is -2.15. The molecule has 0 aliphatic carbocycles. The highest BCUT2D eigenvalue weighted by Crippen LogP contribution is 2.35. The van der Waals surface area contributed by atoms with Gasteiger partial charge < -0.3 is 5.11 Å². The van der Waals surface area contributed by atoms with E-state index in [0.29, 0.717) is 0 Å². The van der Waals surface area contributed by atoms with Crippen molar-refractivity contribution in [2.45, 2.75) is 26.2 Å². The van der Waals surface area contributed by atoms with Gasteiger partial charge >= 0.3 is 11.4 Å². The number of aromatic carboxylic acids is 1. The highest BCUT2D eigenvalue weighted by molar-refractivity contribution is 6.21. The van der Waals surface area contributed by atoms with Gasteiger partial charge in [-0.25, -0.2) is 9.78 Å². The third-order valence-corrected chi connectivity index (χ3v) is 2.60. The first-order chi connectivity index (χ1) is 7.16. The summed E-state index contributed by atoms with van der Waals surface area (Å²) in [5.41, 5.74) is -0.249. The van der Waals surface area contributed by atoms with Crippen LogP contribution >= 0.6 is 11.6 Å². The van der Waals surface area contributed by atoms with E-state index in [0.717, 1.165) is 0 Å². The lowest BCUT2D eigenvalue weighted by Gasteiger charge is -2.15. The van der Waals surface area contributed by atoms with E-state index in [1.165, 1.54) is 20.8 Å². The molecule has 0 unspecified atom stereocenters. The fourth-order valence-corrected chi connectivity index (χ4v) is 1.72. The second-order valence-electron chi connectivity index (χ2n) is 3.47. The lowest BCUT2D eigenvalue weighted by atomic mass is 10.0. The van der Waals surface area contributed by atoms with Crippen molar-refractivity contribution in [3.63, 3.8) is 0 Å². The first-order valence-electron chi connectivity index (χ1n) is 4.44. The molecule has 0 aromatic carbocycles. The number of alkyl halides is 3. The number of carboxylic acids is 1. The number of rotatable bonds is 2. The maximum Gasteiger partial charge on any atom is 0.365 e. The third-order valence-electron chi connectivity index (χ3n) is 2.42. The van der Waals surface area contributed by atoms with Crippen LogP contribution in [0, 0.1) is 20.8 Å². The molecule has 0 spiro atoms. The van der Waals surface area contributed by atoms with Crippen LogP contribution in [0.5, 0.6) is 0 Å². The Balaban J connectivity index is 3.58. The van der Waals surface area contributed by atoms with E-state index in [4.69, 9.17) is 16.7 Å². The molecule has 0 bridgehead atoms. The average Bonchev–Trinajstić information content (AvgIpc) is 2.09. The first kappa shape index (κ1) is 12.8. The van der Waals surface area contributed by atoms with Gasteiger partial charge in [-0.3, -0.25) is 0 Å². The van der Waals surface area contributed by atoms with E-state index < -0.39 is 17.0 Å². The molecule has 3 nitrogen and oxygen atoms in total. The van der Waals surface area contributed by atoms with Crippen LogP contribution in [0.15, 0.2) is 0 Å². The SMILES string of the molecule is Cc1nc(C(F)(F)Cl)c(C)c(C)c1C(=O)O. The summed E-state index contributed by atoms with van der Waals surface area (Å²) in [5, 5.41) is 5.32. The van der Waals surface area contributed by atoms with Crippen LogP contribution < -0.4 is 0 Å². The van der Waals surface area contributed by atoms with Crippen LogP contribution in [-0.2, 0) is 5.38 Å². The predicted octanol–water partition coefficient (Wildman–Crippen LogP) is 2.99. The largest absolute Gasteiger partial charge is 0.478 e. The Hall–Kier alpha value is -1.23. The summed E-state index contributed by atoms with van der Waals surface area (Å²) in [7, 11) is 0. The molecule has 88 valence electrons. The lowest BCUT2D eigenvalue weighted by molar-refractivity contribution is 0.0690. The van der Waals surface area contributed by atoms with Crippen molar-refractivity contribution in [3.05, 3.63) is 28.1 Å². The van der Waals surface area contributed by atoms with Gasteiger partial charge in [0, 0.05) is 0 Å². The summed E-state index contributed by atoms with van der Waals surface area (Å²) in [4.78, 5) is 14.5. The van der Waals surface area contributed by atoms with Crippen LogP contribution in [0.1, 0.15) is 32.9 Å². The number of nitrogens with zero attached hydrogens (tertiary/aromatic N) is 1. The van der Waals surface area contributed by atoms with Crippen molar-refractivity contribution in [2.24, 2.45) is 0 Å². The van der Waals surface area contributed by atoms with Gasteiger partial charge in [-0.2, -0.15) is 8.78 Å². The van der Waals surface area contributed by atoms with Gasteiger partial charge in [0.05, 0.1) is 11.3 Å². The summed E-state index contributed by atoms with van der Waals surface area (Å²) in [5.74, 6) is -1.19. The summed E-state index contributed by atoms with van der Waals surface area (Å²) in [6, 6.07) is 0. The van der Waals surface area contributed by atoms with Crippen molar-refractivity contribution < 1.29 is 18.7 Å². The summed E-state index contributed by atoms with van der Waals surface area (Å²) in [6.45, 7) is 4.20. The van der Waals surface area contributed by atoms with Crippen molar-refractivity contribution in [1.29, 1.82) is 0 Å². The fourth-order valence-electron chi connectivity index (χ4n) is 1.54. The monoisotopic (exact) mass is 249 g/mol. The Labute approximate surface area is 96.1 Å². The van der Waals surface area contributed by atoms with E-state index in [-0.39, 0.29) is 22.4 Å². The molecule has 1 heterocycles. The molecule has 0 saturated carbocycles. The number of hydrogen-bond acceptors (Lipinski definition) is 2. The number of carbonyl (C=O) groups is 1. The average molecular weight is 250 g/mol. The molecule has 1 aromatic rings. The number of hydrogen-bond donors (Lipinski definition) is 1. The zero-order valence-corrected chi connectivity index (χ0v) is 9.69. The Morgan fingerprint density at radius 2 is 1.81 bits per heavy atom. The van der Waals surface area contributed by atoms with E-state index in [1.54, 1.807) is 0 Å². The molecule has 0 fully saturated rings. The standard InChI is InChI=1S/C10H10ClF2NO2/c1-4-5(2)8(10(11,12)13)14-6(3)7(4)9(15)16/h1-3H3,(H,15,16). The number of pyridine rings is 1. The van der Waals surface area contributed by atoms with E-state index >= 15 is 0 Å². The Bertz CT molecular complexity index is 455. The molecular formula is C10H10ClF2NO2. The Morgan fingerprint density at radius 3 is 2.19 bits per heavy atom. The quantitative estimate of drug-likeness (QED) is 0.820. The Morgan fingerprint density at radius 1 is 1.31 bits per heavy atom. The zero-order chi connectivity index (χ0) is 12.7. The number of halogens is 3. The van der Waals surface area contributed by atoms with Gasteiger partial charge in [0.1, 0.15) is 5.69 Å². The van der Waals surface area contributed by atoms with Gasteiger partial charge in [-0.1, -0.05) is 0 Å². The molecule has 0 aliphatic heterocycles. The smallest absolute Gasteiger partial charge is 0.365 e. The molecule has 16 heavy (non-hydrogen) atoms. The van der Waals surface area contributed by atoms with E-state index in [9.17, 15) is 13.6 Å². The van der Waals surface area contributed by atoms with Gasteiger partial charge in [0.15, 0.2) is 0 Å². The topological polar surface area (TPSA) is 50.2 Å². The van der Waals surface area contributed by atoms with Crippen LogP contribution in [0.3, 0.4) is 0 Å². The molecule has 0 radical (unpaired) electrons. The van der Waals surface area contributed by atoms with Crippen LogP contribution in [-0.4, -0.2) is 16.1 Å². The van der Waals surface area contributed by atoms with Crippen molar-refractivity contribution in [3.8, 4) is 0 Å². The van der Waals surface area contributed by atoms with Crippen molar-refractivity contribution in [1.82, 2.24) is 4.98 Å². The second-order valence-corrected chi connectivity index (χ2v) is 3.95. The molecule has 1 aromatic heterocycles. The minimum atomic E-state index is -3.59. The van der Waals surface area contributed by atoms with Crippen LogP contribution in [0.25, 0.3) is 0 Å². The molecule has 1 rings (SSSR count). The van der Waals surface area contributed by atoms with Crippen LogP contribution in [0.4, 0.5) is 8.78 Å². The zero-order valence-electron chi connectivity index (χ0n) is 8.94. The molecule has 0 saturated heterocycles. The highest BCUT2D eigenvalue weighted by atomic mass is 35.5. The fraction of sp³-hybridized carbons (Fsp3) is 0.400. The Kier molecular flexibility index (Phi) is 3.19. The summed E-state index contributed by atoms with van der Waals surface area (Å²) in [6.07, 6.45) is 0. The van der Waals surface area contributed by atoms with Gasteiger partial charge in [0.2, 0.25) is 0 Å². The minimum Gasteiger partial charge on any atom is -0.478 e. The normalized spacial score (nSPS) is 11.6. The highest BCUT2D eigenvalue weighted by Gasteiger charge is 2.34. The number of aromatic nitrogens is 1. The van der Waals surface area contributed by atoms with Crippen molar-refractivity contribution in [2.75, 3.05) is 0 Å². The predicted molar refractivity (Wildman–Crippen MR) is 55.2 cm³/mol. The summed E-state index contributed by atoms with van der Waals surface area (Å²) >= 11 is 4.90. The molecule has 0 amide bonds. The number of carboxylic acid groups (broad SMARTS) is 1. The summed E-state index contributed by atoms with van der Waals surface area (Å²) < 4.78 is 25.9. The van der Waals surface area contributed by atoms with Gasteiger partial charge in [0.25, 0.3) is 0 Å². The van der Waals surface area contributed by atoms with E-state index in [2.05, 4.69) is 4.98 Å². The molecular weight excluding hydrogens is 240 g/mol. The third kappa shape index (κ3) is 2.14. The molecule has 0 aliphatic rings. The van der Waals surface area contributed by atoms with Crippen LogP contribution in [0.2, 0.25) is 0 Å². The maximum atomic E-state index is 13.0. The van der Waals surface area contributed by atoms with Gasteiger partial charge in [-0.15, -0.1) is 0 Å². The minimum absolute atomic E-state index is 0.0333. The van der Waals surface area contributed by atoms with Gasteiger partial charge in [-0.05, 0) is 43.5 Å². The maximum absolute atomic E-state index is 13.0. The number of aryl methyl sites for hydroxylation is 1. The van der Waals surface area contributed by atoms with Crippen molar-refractivity contribution >= 4 is 17.6 Å². The molecule has 0 atom stereocenters. The van der Waals surface area contributed by atoms with E-state index in [1.807, 2.05) is 0 Å². The second kappa shape index (κ2) is 3.97.